The van der Waals surface area contributed by atoms with Crippen LogP contribution in [0, 0.1) is 10.1 Å². The summed E-state index contributed by atoms with van der Waals surface area (Å²) in [6, 6.07) is 5.02. The van der Waals surface area contributed by atoms with Gasteiger partial charge < -0.3 is 10.1 Å². The molecule has 0 amide bonds. The number of anilines is 2. The summed E-state index contributed by atoms with van der Waals surface area (Å²) in [5.74, 6) is 1.14. The summed E-state index contributed by atoms with van der Waals surface area (Å²) in [5, 5.41) is 14.4. The van der Waals surface area contributed by atoms with Crippen LogP contribution in [-0.2, 0) is 0 Å². The molecule has 0 spiro atoms. The number of hydrogen-bond acceptors (Lipinski definition) is 6. The molecule has 0 unspecified atom stereocenters. The molecular formula is C12H8ClN3O3S. The van der Waals surface area contributed by atoms with E-state index in [2.05, 4.69) is 10.3 Å². The van der Waals surface area contributed by atoms with Gasteiger partial charge in [-0.05, 0) is 12.1 Å². The molecule has 0 aliphatic carbocycles. The lowest BCUT2D eigenvalue weighted by Gasteiger charge is -2.20. The average Bonchev–Trinajstić information content (AvgIpc) is 2.43. The Bertz CT molecular complexity index is 723. The number of benzene rings is 1. The number of nitrogens with one attached hydrogen (secondary N) is 1. The first-order chi connectivity index (χ1) is 9.58. The van der Waals surface area contributed by atoms with E-state index in [0.29, 0.717) is 21.5 Å². The molecule has 0 saturated heterocycles. The molecule has 102 valence electrons. The summed E-state index contributed by atoms with van der Waals surface area (Å²) in [5.41, 5.74) is 0.761. The van der Waals surface area contributed by atoms with Crippen LogP contribution in [0.4, 0.5) is 17.2 Å². The van der Waals surface area contributed by atoms with Gasteiger partial charge in [-0.25, -0.2) is 4.98 Å². The maximum Gasteiger partial charge on any atom is 0.288 e. The van der Waals surface area contributed by atoms with E-state index in [1.165, 1.54) is 31.1 Å². The number of fused-ring (bicyclic) bond motifs is 2. The fraction of sp³-hybridized carbons (Fsp3) is 0.0833. The van der Waals surface area contributed by atoms with Gasteiger partial charge in [0.05, 0.1) is 27.6 Å². The lowest BCUT2D eigenvalue weighted by molar-refractivity contribution is -0.385. The molecule has 2 heterocycles. The van der Waals surface area contributed by atoms with Gasteiger partial charge in [0.15, 0.2) is 0 Å². The van der Waals surface area contributed by atoms with Crippen LogP contribution in [0.1, 0.15) is 0 Å². The molecule has 3 rings (SSSR count). The second-order valence-electron chi connectivity index (χ2n) is 4.01. The van der Waals surface area contributed by atoms with E-state index in [0.717, 1.165) is 10.6 Å². The molecule has 1 aromatic heterocycles. The van der Waals surface area contributed by atoms with E-state index in [1.54, 1.807) is 12.1 Å². The first-order valence-corrected chi connectivity index (χ1v) is 6.75. The third kappa shape index (κ3) is 2.14. The minimum absolute atomic E-state index is 0.0394. The zero-order valence-corrected chi connectivity index (χ0v) is 11.8. The van der Waals surface area contributed by atoms with Gasteiger partial charge in [-0.2, -0.15) is 0 Å². The number of pyridine rings is 1. The molecule has 0 saturated carbocycles. The Morgan fingerprint density at radius 1 is 1.40 bits per heavy atom. The third-order valence-electron chi connectivity index (χ3n) is 2.78. The lowest BCUT2D eigenvalue weighted by Crippen LogP contribution is -2.03. The van der Waals surface area contributed by atoms with Gasteiger partial charge >= 0.3 is 0 Å². The van der Waals surface area contributed by atoms with Crippen molar-refractivity contribution in [1.82, 2.24) is 4.98 Å². The van der Waals surface area contributed by atoms with Gasteiger partial charge in [0.1, 0.15) is 17.8 Å². The zero-order valence-electron chi connectivity index (χ0n) is 10.2. The van der Waals surface area contributed by atoms with Crippen molar-refractivity contribution in [3.8, 4) is 5.75 Å². The maximum absolute atomic E-state index is 10.8. The predicted molar refractivity (Wildman–Crippen MR) is 76.3 cm³/mol. The number of nitrogens with zero attached hydrogens (tertiary/aromatic N) is 2. The summed E-state index contributed by atoms with van der Waals surface area (Å²) in [6.45, 7) is 0. The largest absolute Gasteiger partial charge is 0.495 e. The first-order valence-electron chi connectivity index (χ1n) is 5.55. The Balaban J connectivity index is 2.05. The van der Waals surface area contributed by atoms with Crippen molar-refractivity contribution >= 4 is 40.6 Å². The topological polar surface area (TPSA) is 77.3 Å². The number of halogens is 1. The highest BCUT2D eigenvalue weighted by atomic mass is 35.5. The van der Waals surface area contributed by atoms with Gasteiger partial charge in [-0.3, -0.25) is 10.1 Å². The molecule has 1 N–H and O–H groups in total. The van der Waals surface area contributed by atoms with Crippen LogP contribution in [0.15, 0.2) is 34.2 Å². The minimum Gasteiger partial charge on any atom is -0.495 e. The van der Waals surface area contributed by atoms with Crippen molar-refractivity contribution in [2.75, 3.05) is 12.4 Å². The van der Waals surface area contributed by atoms with Gasteiger partial charge in [0.25, 0.3) is 5.69 Å². The maximum atomic E-state index is 10.8. The second-order valence-corrected chi connectivity index (χ2v) is 5.50. The van der Waals surface area contributed by atoms with Crippen LogP contribution < -0.4 is 10.1 Å². The zero-order chi connectivity index (χ0) is 14.3. The van der Waals surface area contributed by atoms with E-state index in [4.69, 9.17) is 16.3 Å². The van der Waals surface area contributed by atoms with Crippen LogP contribution >= 0.6 is 23.4 Å². The van der Waals surface area contributed by atoms with Gasteiger partial charge in [-0.15, -0.1) is 0 Å². The van der Waals surface area contributed by atoms with E-state index < -0.39 is 4.92 Å². The van der Waals surface area contributed by atoms with Gasteiger partial charge in [0, 0.05) is 11.0 Å². The molecule has 1 aromatic carbocycles. The van der Waals surface area contributed by atoms with Crippen LogP contribution in [-0.4, -0.2) is 17.0 Å². The molecule has 1 aliphatic rings. The SMILES string of the molecule is COc1cc2c(cc1Cl)Nc1ncc([N+](=O)[O-])cc1S2. The third-order valence-corrected chi connectivity index (χ3v) is 4.16. The van der Waals surface area contributed by atoms with Gasteiger partial charge in [-0.1, -0.05) is 23.4 Å². The van der Waals surface area contributed by atoms with Crippen LogP contribution in [0.5, 0.6) is 5.75 Å². The summed E-state index contributed by atoms with van der Waals surface area (Å²) >= 11 is 7.46. The average molecular weight is 310 g/mol. The molecule has 6 nitrogen and oxygen atoms in total. The Kier molecular flexibility index (Phi) is 3.15. The molecule has 2 aromatic rings. The van der Waals surface area contributed by atoms with Crippen LogP contribution in [0.3, 0.4) is 0 Å². The number of aromatic nitrogens is 1. The van der Waals surface area contributed by atoms with Crippen LogP contribution in [0.2, 0.25) is 5.02 Å². The van der Waals surface area contributed by atoms with E-state index in [-0.39, 0.29) is 5.69 Å². The summed E-state index contributed by atoms with van der Waals surface area (Å²) in [4.78, 5) is 15.9. The normalized spacial score (nSPS) is 12.1. The minimum atomic E-state index is -0.466. The van der Waals surface area contributed by atoms with E-state index >= 15 is 0 Å². The molecule has 1 aliphatic heterocycles. The second kappa shape index (κ2) is 4.84. The number of ether oxygens (including phenoxy) is 1. The quantitative estimate of drug-likeness (QED) is 0.572. The first kappa shape index (κ1) is 13.0. The Morgan fingerprint density at radius 2 is 2.20 bits per heavy atom. The van der Waals surface area contributed by atoms with E-state index in [1.807, 2.05) is 0 Å². The molecule has 20 heavy (non-hydrogen) atoms. The van der Waals surface area contributed by atoms with Crippen molar-refractivity contribution in [3.63, 3.8) is 0 Å². The van der Waals surface area contributed by atoms with Crippen molar-refractivity contribution in [2.24, 2.45) is 0 Å². The molecule has 0 radical (unpaired) electrons. The molecular weight excluding hydrogens is 302 g/mol. The summed E-state index contributed by atoms with van der Waals surface area (Å²) in [7, 11) is 1.54. The number of hydrogen-bond donors (Lipinski definition) is 1. The van der Waals surface area contributed by atoms with Crippen LogP contribution in [0.25, 0.3) is 0 Å². The lowest BCUT2D eigenvalue weighted by atomic mass is 10.3. The van der Waals surface area contributed by atoms with Crippen molar-refractivity contribution in [3.05, 3.63) is 39.5 Å². The fourth-order valence-electron chi connectivity index (χ4n) is 1.83. The van der Waals surface area contributed by atoms with E-state index in [9.17, 15) is 10.1 Å². The highest BCUT2D eigenvalue weighted by Crippen LogP contribution is 2.47. The number of rotatable bonds is 2. The smallest absolute Gasteiger partial charge is 0.288 e. The highest BCUT2D eigenvalue weighted by Gasteiger charge is 2.21. The molecule has 8 heteroatoms. The molecule has 0 bridgehead atoms. The standard InChI is InChI=1S/C12H8ClN3O3S/c1-19-9-4-10-8(3-7(9)13)15-12-11(20-10)2-6(5-14-12)16(17)18/h2-5H,1H3,(H,14,15). The Hall–Kier alpha value is -1.99. The molecule has 0 atom stereocenters. The fourth-order valence-corrected chi connectivity index (χ4v) is 3.07. The van der Waals surface area contributed by atoms with Crippen molar-refractivity contribution in [1.29, 1.82) is 0 Å². The van der Waals surface area contributed by atoms with Crippen molar-refractivity contribution in [2.45, 2.75) is 9.79 Å². The summed E-state index contributed by atoms with van der Waals surface area (Å²) in [6.07, 6.45) is 1.22. The van der Waals surface area contributed by atoms with Gasteiger partial charge in [0.2, 0.25) is 0 Å². The Labute approximate surface area is 123 Å². The van der Waals surface area contributed by atoms with Crippen molar-refractivity contribution < 1.29 is 9.66 Å². The number of methoxy groups -OCH3 is 1. The monoisotopic (exact) mass is 309 g/mol. The Morgan fingerprint density at radius 3 is 2.90 bits per heavy atom. The predicted octanol–water partition coefficient (Wildman–Crippen LogP) is 3.86. The summed E-state index contributed by atoms with van der Waals surface area (Å²) < 4.78 is 5.16. The molecule has 0 fully saturated rings. The highest BCUT2D eigenvalue weighted by molar-refractivity contribution is 7.99. The number of nitro groups is 1.